The van der Waals surface area contributed by atoms with E-state index in [1.54, 1.807) is 31.2 Å². The summed E-state index contributed by atoms with van der Waals surface area (Å²) in [6.07, 6.45) is -3.99. The number of halogens is 4. The van der Waals surface area contributed by atoms with E-state index in [0.29, 0.717) is 11.3 Å². The third kappa shape index (κ3) is 4.52. The Morgan fingerprint density at radius 2 is 1.82 bits per heavy atom. The second-order valence-corrected chi connectivity index (χ2v) is 5.74. The lowest BCUT2D eigenvalue weighted by atomic mass is 10.1. The van der Waals surface area contributed by atoms with Gasteiger partial charge in [-0.25, -0.2) is 0 Å². The first-order valence-corrected chi connectivity index (χ1v) is 6.76. The SMILES string of the molecule is CCC(N)C(Sc1ccc(Br)cc1)C(F)(F)F. The molecule has 0 radical (unpaired) electrons. The first-order chi connectivity index (χ1) is 7.84. The number of hydrogen-bond acceptors (Lipinski definition) is 2. The van der Waals surface area contributed by atoms with Gasteiger partial charge in [-0.15, -0.1) is 11.8 Å². The highest BCUT2D eigenvalue weighted by Crippen LogP contribution is 2.37. The van der Waals surface area contributed by atoms with E-state index >= 15 is 0 Å². The van der Waals surface area contributed by atoms with Crippen molar-refractivity contribution in [2.75, 3.05) is 0 Å². The van der Waals surface area contributed by atoms with Crippen molar-refractivity contribution in [3.05, 3.63) is 28.7 Å². The zero-order chi connectivity index (χ0) is 13.1. The van der Waals surface area contributed by atoms with Gasteiger partial charge in [-0.1, -0.05) is 22.9 Å². The van der Waals surface area contributed by atoms with Crippen LogP contribution in [0.2, 0.25) is 0 Å². The van der Waals surface area contributed by atoms with Gasteiger partial charge in [0, 0.05) is 15.4 Å². The van der Waals surface area contributed by atoms with E-state index in [9.17, 15) is 13.2 Å². The fourth-order valence-electron chi connectivity index (χ4n) is 1.27. The second-order valence-electron chi connectivity index (χ2n) is 3.61. The van der Waals surface area contributed by atoms with E-state index in [1.165, 1.54) is 0 Å². The van der Waals surface area contributed by atoms with Crippen LogP contribution in [-0.2, 0) is 0 Å². The lowest BCUT2D eigenvalue weighted by molar-refractivity contribution is -0.132. The number of nitrogens with two attached hydrogens (primary N) is 1. The summed E-state index contributed by atoms with van der Waals surface area (Å²) in [5.41, 5.74) is 5.53. The zero-order valence-electron chi connectivity index (χ0n) is 9.17. The summed E-state index contributed by atoms with van der Waals surface area (Å²) in [6, 6.07) is 5.84. The number of alkyl halides is 3. The second kappa shape index (κ2) is 6.11. The highest BCUT2D eigenvalue weighted by molar-refractivity contribution is 9.10. The molecular weight excluding hydrogens is 315 g/mol. The maximum Gasteiger partial charge on any atom is 0.402 e. The van der Waals surface area contributed by atoms with Crippen LogP contribution >= 0.6 is 27.7 Å². The van der Waals surface area contributed by atoms with Crippen LogP contribution in [0, 0.1) is 0 Å². The average molecular weight is 328 g/mol. The zero-order valence-corrected chi connectivity index (χ0v) is 11.6. The smallest absolute Gasteiger partial charge is 0.326 e. The maximum atomic E-state index is 12.8. The van der Waals surface area contributed by atoms with Gasteiger partial charge in [0.05, 0.1) is 0 Å². The molecule has 17 heavy (non-hydrogen) atoms. The van der Waals surface area contributed by atoms with E-state index in [2.05, 4.69) is 15.9 Å². The molecule has 0 amide bonds. The molecule has 1 nitrogen and oxygen atoms in total. The molecule has 0 spiro atoms. The van der Waals surface area contributed by atoms with Gasteiger partial charge < -0.3 is 5.73 Å². The fraction of sp³-hybridized carbons (Fsp3) is 0.455. The molecule has 0 aromatic heterocycles. The molecule has 0 saturated carbocycles. The minimum absolute atomic E-state index is 0.299. The van der Waals surface area contributed by atoms with Crippen molar-refractivity contribution >= 4 is 27.7 Å². The summed E-state index contributed by atoms with van der Waals surface area (Å²) in [7, 11) is 0. The lowest BCUT2D eigenvalue weighted by Gasteiger charge is -2.24. The Labute approximate surface area is 111 Å². The van der Waals surface area contributed by atoms with Crippen molar-refractivity contribution in [2.24, 2.45) is 5.73 Å². The minimum atomic E-state index is -4.28. The third-order valence-electron chi connectivity index (χ3n) is 2.26. The van der Waals surface area contributed by atoms with E-state index in [-0.39, 0.29) is 0 Å². The molecule has 2 atom stereocenters. The number of benzene rings is 1. The topological polar surface area (TPSA) is 26.0 Å². The summed E-state index contributed by atoms with van der Waals surface area (Å²) in [4.78, 5) is 0.569. The monoisotopic (exact) mass is 327 g/mol. The van der Waals surface area contributed by atoms with E-state index in [1.807, 2.05) is 0 Å². The van der Waals surface area contributed by atoms with Crippen LogP contribution < -0.4 is 5.73 Å². The van der Waals surface area contributed by atoms with Gasteiger partial charge in [-0.2, -0.15) is 13.2 Å². The molecular formula is C11H13BrF3NS. The molecule has 0 heterocycles. The van der Waals surface area contributed by atoms with Gasteiger partial charge in [0.2, 0.25) is 0 Å². The minimum Gasteiger partial charge on any atom is -0.326 e. The van der Waals surface area contributed by atoms with Crippen molar-refractivity contribution < 1.29 is 13.2 Å². The average Bonchev–Trinajstić information content (AvgIpc) is 2.25. The van der Waals surface area contributed by atoms with Gasteiger partial charge in [-0.05, 0) is 30.7 Å². The molecule has 96 valence electrons. The van der Waals surface area contributed by atoms with Crippen molar-refractivity contribution in [1.29, 1.82) is 0 Å². The van der Waals surface area contributed by atoms with Gasteiger partial charge in [0.1, 0.15) is 5.25 Å². The van der Waals surface area contributed by atoms with Crippen LogP contribution in [0.3, 0.4) is 0 Å². The van der Waals surface area contributed by atoms with Crippen LogP contribution in [0.25, 0.3) is 0 Å². The summed E-state index contributed by atoms with van der Waals surface area (Å²) < 4.78 is 39.3. The van der Waals surface area contributed by atoms with Crippen LogP contribution in [-0.4, -0.2) is 17.5 Å². The Kier molecular flexibility index (Phi) is 5.34. The first-order valence-electron chi connectivity index (χ1n) is 5.09. The summed E-state index contributed by atoms with van der Waals surface area (Å²) >= 11 is 4.00. The molecule has 0 saturated heterocycles. The van der Waals surface area contributed by atoms with Crippen LogP contribution in [0.15, 0.2) is 33.6 Å². The van der Waals surface area contributed by atoms with E-state index < -0.39 is 17.5 Å². The highest BCUT2D eigenvalue weighted by atomic mass is 79.9. The van der Waals surface area contributed by atoms with E-state index in [0.717, 1.165) is 16.2 Å². The molecule has 0 bridgehead atoms. The molecule has 0 aliphatic rings. The molecule has 2 unspecified atom stereocenters. The lowest BCUT2D eigenvalue weighted by Crippen LogP contribution is -2.42. The molecule has 1 aromatic rings. The Balaban J connectivity index is 2.83. The molecule has 1 aromatic carbocycles. The van der Waals surface area contributed by atoms with Crippen molar-refractivity contribution in [3.63, 3.8) is 0 Å². The van der Waals surface area contributed by atoms with Crippen LogP contribution in [0.1, 0.15) is 13.3 Å². The molecule has 0 aliphatic carbocycles. The predicted octanol–water partition coefficient (Wildman–Crippen LogP) is 4.21. The Morgan fingerprint density at radius 1 is 1.29 bits per heavy atom. The molecule has 1 rings (SSSR count). The third-order valence-corrected chi connectivity index (χ3v) is 4.20. The Morgan fingerprint density at radius 3 is 2.24 bits per heavy atom. The van der Waals surface area contributed by atoms with Gasteiger partial charge in [0.25, 0.3) is 0 Å². The van der Waals surface area contributed by atoms with Gasteiger partial charge >= 0.3 is 6.18 Å². The molecule has 6 heteroatoms. The summed E-state index contributed by atoms with van der Waals surface area (Å²) in [5.74, 6) is 0. The van der Waals surface area contributed by atoms with Crippen LogP contribution in [0.4, 0.5) is 13.2 Å². The van der Waals surface area contributed by atoms with Gasteiger partial charge in [0.15, 0.2) is 0 Å². The number of thioether (sulfide) groups is 1. The number of hydrogen-bond donors (Lipinski definition) is 1. The number of rotatable bonds is 4. The molecule has 2 N–H and O–H groups in total. The highest BCUT2D eigenvalue weighted by Gasteiger charge is 2.43. The normalized spacial score (nSPS) is 15.6. The standard InChI is InChI=1S/C11H13BrF3NS/c1-2-9(16)10(11(13,14)15)17-8-5-3-7(12)4-6-8/h3-6,9-10H,2,16H2,1H3. The Hall–Kier alpha value is -0.200. The molecule has 0 aliphatic heterocycles. The largest absolute Gasteiger partial charge is 0.402 e. The fourth-order valence-corrected chi connectivity index (χ4v) is 2.62. The van der Waals surface area contributed by atoms with Gasteiger partial charge in [-0.3, -0.25) is 0 Å². The predicted molar refractivity (Wildman–Crippen MR) is 68.1 cm³/mol. The quantitative estimate of drug-likeness (QED) is 0.838. The Bertz CT molecular complexity index is 353. The molecule has 0 fully saturated rings. The summed E-state index contributed by atoms with van der Waals surface area (Å²) in [6.45, 7) is 1.66. The maximum absolute atomic E-state index is 12.8. The van der Waals surface area contributed by atoms with Crippen molar-refractivity contribution in [1.82, 2.24) is 0 Å². The van der Waals surface area contributed by atoms with Crippen molar-refractivity contribution in [2.45, 2.75) is 35.7 Å². The summed E-state index contributed by atoms with van der Waals surface area (Å²) in [5, 5.41) is -1.56. The van der Waals surface area contributed by atoms with Crippen molar-refractivity contribution in [3.8, 4) is 0 Å². The van der Waals surface area contributed by atoms with E-state index in [4.69, 9.17) is 5.73 Å². The first kappa shape index (κ1) is 14.9. The van der Waals surface area contributed by atoms with Crippen LogP contribution in [0.5, 0.6) is 0 Å².